The fourth-order valence-electron chi connectivity index (χ4n) is 1.68. The van der Waals surface area contributed by atoms with Crippen LogP contribution in [0.1, 0.15) is 31.0 Å². The predicted molar refractivity (Wildman–Crippen MR) is 66.9 cm³/mol. The summed E-state index contributed by atoms with van der Waals surface area (Å²) in [5.74, 6) is 0.896. The smallest absolute Gasteiger partial charge is 0.127 e. The third-order valence-electron chi connectivity index (χ3n) is 2.66. The third kappa shape index (κ3) is 2.30. The second kappa shape index (κ2) is 4.57. The molecule has 3 nitrogen and oxygen atoms in total. The van der Waals surface area contributed by atoms with Gasteiger partial charge in [0.1, 0.15) is 12.5 Å². The molecule has 0 aliphatic rings. The summed E-state index contributed by atoms with van der Waals surface area (Å²) < 4.78 is 14.2. The van der Waals surface area contributed by atoms with Gasteiger partial charge in [0.2, 0.25) is 0 Å². The van der Waals surface area contributed by atoms with Crippen molar-refractivity contribution in [3.8, 4) is 5.69 Å². The quantitative estimate of drug-likeness (QED) is 0.885. The van der Waals surface area contributed by atoms with Gasteiger partial charge in [-0.1, -0.05) is 26.0 Å². The number of benzene rings is 1. The van der Waals surface area contributed by atoms with Gasteiger partial charge in [0, 0.05) is 6.07 Å². The van der Waals surface area contributed by atoms with Gasteiger partial charge in [-0.25, -0.2) is 9.07 Å². The van der Waals surface area contributed by atoms with Crippen LogP contribution in [0.15, 0.2) is 30.3 Å². The molecule has 2 N–H and O–H groups in total. The zero-order valence-corrected chi connectivity index (χ0v) is 10.0. The van der Waals surface area contributed by atoms with Crippen LogP contribution in [0.2, 0.25) is 0 Å². The molecule has 2 rings (SSSR count). The first kappa shape index (κ1) is 11.6. The normalized spacial score (nSPS) is 11.1. The lowest BCUT2D eigenvalue weighted by atomic mass is 10.1. The Labute approximate surface area is 100 Å². The zero-order chi connectivity index (χ0) is 12.4. The standard InChI is InChI=1S/C13H16FN3/c1-9(2)12-7-13(15)17(16-12)11-5-3-4-10(6-11)8-14/h3-7,9H,8,15H2,1-2H3. The van der Waals surface area contributed by atoms with Crippen LogP contribution in [0.4, 0.5) is 10.2 Å². The maximum atomic E-state index is 12.6. The third-order valence-corrected chi connectivity index (χ3v) is 2.66. The van der Waals surface area contributed by atoms with E-state index in [-0.39, 0.29) is 0 Å². The van der Waals surface area contributed by atoms with E-state index in [1.54, 1.807) is 22.9 Å². The van der Waals surface area contributed by atoms with Gasteiger partial charge in [-0.15, -0.1) is 0 Å². The Hall–Kier alpha value is -1.84. The Morgan fingerprint density at radius 2 is 2.12 bits per heavy atom. The van der Waals surface area contributed by atoms with Crippen molar-refractivity contribution in [1.29, 1.82) is 0 Å². The molecule has 0 unspecified atom stereocenters. The number of anilines is 1. The Bertz CT molecular complexity index is 517. The summed E-state index contributed by atoms with van der Waals surface area (Å²) in [6.07, 6.45) is 0. The summed E-state index contributed by atoms with van der Waals surface area (Å²) in [6, 6.07) is 9.03. The summed E-state index contributed by atoms with van der Waals surface area (Å²) in [7, 11) is 0. The molecule has 0 radical (unpaired) electrons. The van der Waals surface area contributed by atoms with Crippen molar-refractivity contribution in [2.75, 3.05) is 5.73 Å². The van der Waals surface area contributed by atoms with E-state index < -0.39 is 6.67 Å². The number of nitrogens with two attached hydrogens (primary N) is 1. The molecule has 17 heavy (non-hydrogen) atoms. The average Bonchev–Trinajstić information content (AvgIpc) is 2.72. The first-order chi connectivity index (χ1) is 8.11. The summed E-state index contributed by atoms with van der Waals surface area (Å²) in [6.45, 7) is 3.64. The first-order valence-electron chi connectivity index (χ1n) is 5.62. The van der Waals surface area contributed by atoms with Crippen molar-refractivity contribution in [3.63, 3.8) is 0 Å². The molecule has 1 aromatic heterocycles. The van der Waals surface area contributed by atoms with Crippen LogP contribution in [0.5, 0.6) is 0 Å². The number of hydrogen-bond donors (Lipinski definition) is 1. The van der Waals surface area contributed by atoms with Crippen molar-refractivity contribution in [2.45, 2.75) is 26.4 Å². The van der Waals surface area contributed by atoms with Crippen molar-refractivity contribution < 1.29 is 4.39 Å². The van der Waals surface area contributed by atoms with E-state index in [1.807, 2.05) is 12.1 Å². The SMILES string of the molecule is CC(C)c1cc(N)n(-c2cccc(CF)c2)n1. The Kier molecular flexibility index (Phi) is 3.13. The van der Waals surface area contributed by atoms with E-state index in [1.165, 1.54) is 0 Å². The minimum Gasteiger partial charge on any atom is -0.384 e. The van der Waals surface area contributed by atoms with Gasteiger partial charge in [0.25, 0.3) is 0 Å². The molecule has 0 fully saturated rings. The van der Waals surface area contributed by atoms with E-state index >= 15 is 0 Å². The number of rotatable bonds is 3. The fourth-order valence-corrected chi connectivity index (χ4v) is 1.68. The molecule has 0 aliphatic carbocycles. The van der Waals surface area contributed by atoms with Crippen molar-refractivity contribution >= 4 is 5.82 Å². The number of nitrogen functional groups attached to an aromatic ring is 1. The van der Waals surface area contributed by atoms with Gasteiger partial charge in [-0.2, -0.15) is 5.10 Å². The number of halogens is 1. The monoisotopic (exact) mass is 233 g/mol. The van der Waals surface area contributed by atoms with Gasteiger partial charge >= 0.3 is 0 Å². The van der Waals surface area contributed by atoms with Crippen LogP contribution in [0.3, 0.4) is 0 Å². The Morgan fingerprint density at radius 1 is 1.35 bits per heavy atom. The van der Waals surface area contributed by atoms with Gasteiger partial charge in [-0.3, -0.25) is 0 Å². The predicted octanol–water partition coefficient (Wildman–Crippen LogP) is 3.05. The van der Waals surface area contributed by atoms with Crippen molar-refractivity contribution in [3.05, 3.63) is 41.6 Å². The molecule has 0 aliphatic heterocycles. The lowest BCUT2D eigenvalue weighted by molar-refractivity contribution is 0.485. The number of nitrogens with zero attached hydrogens (tertiary/aromatic N) is 2. The van der Waals surface area contributed by atoms with Gasteiger partial charge in [0.05, 0.1) is 11.4 Å². The molecule has 90 valence electrons. The summed E-state index contributed by atoms with van der Waals surface area (Å²) in [5.41, 5.74) is 8.27. The highest BCUT2D eigenvalue weighted by Crippen LogP contribution is 2.20. The van der Waals surface area contributed by atoms with Gasteiger partial charge in [-0.05, 0) is 23.6 Å². The highest BCUT2D eigenvalue weighted by Gasteiger charge is 2.09. The molecule has 4 heteroatoms. The summed E-state index contributed by atoms with van der Waals surface area (Å²) in [5, 5.41) is 4.42. The summed E-state index contributed by atoms with van der Waals surface area (Å²) in [4.78, 5) is 0. The zero-order valence-electron chi connectivity index (χ0n) is 10.0. The van der Waals surface area contributed by atoms with E-state index in [0.717, 1.165) is 11.4 Å². The fraction of sp³-hybridized carbons (Fsp3) is 0.308. The molecular weight excluding hydrogens is 217 g/mol. The molecule has 0 spiro atoms. The molecule has 0 bridgehead atoms. The number of hydrogen-bond acceptors (Lipinski definition) is 2. The van der Waals surface area contributed by atoms with Crippen molar-refractivity contribution in [1.82, 2.24) is 9.78 Å². The topological polar surface area (TPSA) is 43.8 Å². The van der Waals surface area contributed by atoms with Gasteiger partial charge < -0.3 is 5.73 Å². The second-order valence-corrected chi connectivity index (χ2v) is 4.36. The van der Waals surface area contributed by atoms with Crippen molar-refractivity contribution in [2.24, 2.45) is 0 Å². The molecule has 0 saturated heterocycles. The first-order valence-corrected chi connectivity index (χ1v) is 5.62. The minimum atomic E-state index is -0.480. The maximum Gasteiger partial charge on any atom is 0.127 e. The molecule has 1 heterocycles. The lowest BCUT2D eigenvalue weighted by Gasteiger charge is -2.05. The second-order valence-electron chi connectivity index (χ2n) is 4.36. The molecular formula is C13H16FN3. The largest absolute Gasteiger partial charge is 0.384 e. The van der Waals surface area contributed by atoms with Crippen LogP contribution in [0.25, 0.3) is 5.69 Å². The minimum absolute atomic E-state index is 0.322. The van der Waals surface area contributed by atoms with E-state index in [0.29, 0.717) is 17.3 Å². The lowest BCUT2D eigenvalue weighted by Crippen LogP contribution is -2.02. The van der Waals surface area contributed by atoms with E-state index in [4.69, 9.17) is 5.73 Å². The van der Waals surface area contributed by atoms with Crippen LogP contribution in [-0.4, -0.2) is 9.78 Å². The van der Waals surface area contributed by atoms with Crippen LogP contribution >= 0.6 is 0 Å². The molecule has 0 atom stereocenters. The molecule has 1 aromatic carbocycles. The average molecular weight is 233 g/mol. The van der Waals surface area contributed by atoms with E-state index in [9.17, 15) is 4.39 Å². The number of alkyl halides is 1. The highest BCUT2D eigenvalue weighted by molar-refractivity contribution is 5.44. The van der Waals surface area contributed by atoms with Crippen LogP contribution in [0, 0.1) is 0 Å². The van der Waals surface area contributed by atoms with Crippen LogP contribution < -0.4 is 5.73 Å². The molecule has 2 aromatic rings. The summed E-state index contributed by atoms with van der Waals surface area (Å²) >= 11 is 0. The van der Waals surface area contributed by atoms with Crippen LogP contribution in [-0.2, 0) is 6.67 Å². The molecule has 0 amide bonds. The molecule has 0 saturated carbocycles. The van der Waals surface area contributed by atoms with E-state index in [2.05, 4.69) is 18.9 Å². The maximum absolute atomic E-state index is 12.6. The Morgan fingerprint density at radius 3 is 2.71 bits per heavy atom. The Balaban J connectivity index is 2.45. The van der Waals surface area contributed by atoms with Gasteiger partial charge in [0.15, 0.2) is 0 Å². The highest BCUT2D eigenvalue weighted by atomic mass is 19.1. The number of aromatic nitrogens is 2.